The molecular formula is C18H14FN3O. The highest BCUT2D eigenvalue weighted by atomic mass is 19.1. The number of para-hydroxylation sites is 1. The van der Waals surface area contributed by atoms with E-state index in [0.29, 0.717) is 5.88 Å². The van der Waals surface area contributed by atoms with Gasteiger partial charge in [0.25, 0.3) is 0 Å². The zero-order chi connectivity index (χ0) is 15.6. The number of alkyl halides is 1. The summed E-state index contributed by atoms with van der Waals surface area (Å²) in [6.45, 7) is -0.527. The van der Waals surface area contributed by atoms with Crippen LogP contribution in [0.2, 0.25) is 0 Å². The first-order chi connectivity index (χ1) is 11.3. The van der Waals surface area contributed by atoms with E-state index < -0.39 is 6.67 Å². The zero-order valence-electron chi connectivity index (χ0n) is 12.3. The van der Waals surface area contributed by atoms with Crippen LogP contribution in [0.5, 0.6) is 5.88 Å². The highest BCUT2D eigenvalue weighted by Gasteiger charge is 2.08. The van der Waals surface area contributed by atoms with E-state index in [4.69, 9.17) is 4.74 Å². The molecule has 23 heavy (non-hydrogen) atoms. The number of pyridine rings is 2. The molecule has 0 radical (unpaired) electrons. The Bertz CT molecular complexity index is 980. The summed E-state index contributed by atoms with van der Waals surface area (Å²) < 4.78 is 19.4. The Kier molecular flexibility index (Phi) is 3.38. The van der Waals surface area contributed by atoms with Crippen molar-refractivity contribution in [1.29, 1.82) is 0 Å². The van der Waals surface area contributed by atoms with Crippen molar-refractivity contribution in [2.24, 2.45) is 0 Å². The van der Waals surface area contributed by atoms with Crippen molar-refractivity contribution in [3.05, 3.63) is 60.8 Å². The molecule has 0 aliphatic carbocycles. The number of nitrogens with zero attached hydrogens (tertiary/aromatic N) is 3. The summed E-state index contributed by atoms with van der Waals surface area (Å²) >= 11 is 0. The SMILES string of the molecule is FCCOc1ccc2ccn(-c3ccc4ccccc4n3)c2n1. The molecule has 5 heteroatoms. The molecular weight excluding hydrogens is 293 g/mol. The van der Waals surface area contributed by atoms with Crippen LogP contribution in [0.1, 0.15) is 0 Å². The van der Waals surface area contributed by atoms with Gasteiger partial charge in [0.15, 0.2) is 0 Å². The van der Waals surface area contributed by atoms with Gasteiger partial charge in [-0.1, -0.05) is 18.2 Å². The fourth-order valence-corrected chi connectivity index (χ4v) is 2.59. The molecule has 0 aliphatic rings. The van der Waals surface area contributed by atoms with Crippen LogP contribution in [-0.4, -0.2) is 27.8 Å². The van der Waals surface area contributed by atoms with Gasteiger partial charge in [-0.3, -0.25) is 4.57 Å². The summed E-state index contributed by atoms with van der Waals surface area (Å²) in [5, 5.41) is 2.07. The van der Waals surface area contributed by atoms with Crippen LogP contribution in [-0.2, 0) is 0 Å². The first-order valence-corrected chi connectivity index (χ1v) is 7.38. The molecule has 0 amide bonds. The van der Waals surface area contributed by atoms with Gasteiger partial charge in [-0.05, 0) is 30.3 Å². The Morgan fingerprint density at radius 3 is 2.70 bits per heavy atom. The topological polar surface area (TPSA) is 39.9 Å². The Hall–Kier alpha value is -2.95. The van der Waals surface area contributed by atoms with E-state index in [-0.39, 0.29) is 6.61 Å². The third-order valence-electron chi connectivity index (χ3n) is 3.67. The molecule has 1 aromatic carbocycles. The van der Waals surface area contributed by atoms with Crippen LogP contribution in [0.3, 0.4) is 0 Å². The Morgan fingerprint density at radius 2 is 1.78 bits per heavy atom. The van der Waals surface area contributed by atoms with E-state index in [0.717, 1.165) is 27.8 Å². The molecule has 0 N–H and O–H groups in total. The van der Waals surface area contributed by atoms with Crippen molar-refractivity contribution in [3.63, 3.8) is 0 Å². The lowest BCUT2D eigenvalue weighted by Gasteiger charge is -2.07. The monoisotopic (exact) mass is 307 g/mol. The van der Waals surface area contributed by atoms with Crippen molar-refractivity contribution in [3.8, 4) is 11.7 Å². The Morgan fingerprint density at radius 1 is 0.913 bits per heavy atom. The largest absolute Gasteiger partial charge is 0.475 e. The van der Waals surface area contributed by atoms with E-state index in [2.05, 4.69) is 9.97 Å². The van der Waals surface area contributed by atoms with Gasteiger partial charge in [-0.25, -0.2) is 9.37 Å². The maximum atomic E-state index is 12.3. The molecule has 0 saturated carbocycles. The van der Waals surface area contributed by atoms with Crippen molar-refractivity contribution in [2.75, 3.05) is 13.3 Å². The fraction of sp³-hybridized carbons (Fsp3) is 0.111. The van der Waals surface area contributed by atoms with E-state index >= 15 is 0 Å². The second kappa shape index (κ2) is 5.68. The lowest BCUT2D eigenvalue weighted by atomic mass is 10.2. The molecule has 0 atom stereocenters. The average molecular weight is 307 g/mol. The van der Waals surface area contributed by atoms with Gasteiger partial charge >= 0.3 is 0 Å². The minimum atomic E-state index is -0.535. The van der Waals surface area contributed by atoms with Crippen LogP contribution in [0.4, 0.5) is 4.39 Å². The van der Waals surface area contributed by atoms with Gasteiger partial charge < -0.3 is 4.74 Å². The van der Waals surface area contributed by atoms with E-state index in [1.165, 1.54) is 0 Å². The molecule has 4 aromatic rings. The van der Waals surface area contributed by atoms with Crippen LogP contribution >= 0.6 is 0 Å². The smallest absolute Gasteiger partial charge is 0.215 e. The molecule has 3 heterocycles. The highest BCUT2D eigenvalue weighted by Crippen LogP contribution is 2.22. The second-order valence-electron chi connectivity index (χ2n) is 5.15. The number of halogens is 1. The third-order valence-corrected chi connectivity index (χ3v) is 3.67. The molecule has 4 rings (SSSR count). The number of aromatic nitrogens is 3. The summed E-state index contributed by atoms with van der Waals surface area (Å²) in [7, 11) is 0. The van der Waals surface area contributed by atoms with Crippen LogP contribution in [0, 0.1) is 0 Å². The first-order valence-electron chi connectivity index (χ1n) is 7.38. The lowest BCUT2D eigenvalue weighted by molar-refractivity contribution is 0.265. The van der Waals surface area contributed by atoms with Gasteiger partial charge in [-0.2, -0.15) is 4.98 Å². The van der Waals surface area contributed by atoms with Gasteiger partial charge in [-0.15, -0.1) is 0 Å². The fourth-order valence-electron chi connectivity index (χ4n) is 2.59. The van der Waals surface area contributed by atoms with Crippen molar-refractivity contribution in [2.45, 2.75) is 0 Å². The Labute approximate surface area is 132 Å². The summed E-state index contributed by atoms with van der Waals surface area (Å²) in [5.74, 6) is 1.20. The minimum absolute atomic E-state index is 0.00738. The minimum Gasteiger partial charge on any atom is -0.475 e. The molecule has 0 saturated heterocycles. The molecule has 4 nitrogen and oxygen atoms in total. The van der Waals surface area contributed by atoms with Crippen LogP contribution in [0.15, 0.2) is 60.8 Å². The molecule has 0 unspecified atom stereocenters. The summed E-state index contributed by atoms with van der Waals surface area (Å²) in [4.78, 5) is 9.14. The maximum Gasteiger partial charge on any atom is 0.215 e. The van der Waals surface area contributed by atoms with Gasteiger partial charge in [0, 0.05) is 23.0 Å². The summed E-state index contributed by atoms with van der Waals surface area (Å²) in [5.41, 5.74) is 1.67. The molecule has 0 fully saturated rings. The molecule has 0 bridgehead atoms. The Balaban J connectivity index is 1.82. The molecule has 0 aliphatic heterocycles. The third kappa shape index (κ3) is 2.50. The quantitative estimate of drug-likeness (QED) is 0.573. The summed E-state index contributed by atoms with van der Waals surface area (Å²) in [6, 6.07) is 17.6. The van der Waals surface area contributed by atoms with Crippen molar-refractivity contribution < 1.29 is 9.13 Å². The van der Waals surface area contributed by atoms with Gasteiger partial charge in [0.1, 0.15) is 24.7 Å². The van der Waals surface area contributed by atoms with Crippen molar-refractivity contribution >= 4 is 21.9 Å². The van der Waals surface area contributed by atoms with Gasteiger partial charge in [0.05, 0.1) is 5.52 Å². The molecule has 0 spiro atoms. The number of ether oxygens (including phenoxy) is 1. The zero-order valence-corrected chi connectivity index (χ0v) is 12.3. The average Bonchev–Trinajstić information content (AvgIpc) is 3.02. The molecule has 3 aromatic heterocycles. The predicted molar refractivity (Wildman–Crippen MR) is 87.8 cm³/mol. The second-order valence-corrected chi connectivity index (χ2v) is 5.15. The van der Waals surface area contributed by atoms with E-state index in [1.807, 2.05) is 59.3 Å². The predicted octanol–water partition coefficient (Wildman–Crippen LogP) is 3.92. The standard InChI is InChI=1S/C18H14FN3O/c19-10-12-23-17-8-6-14-9-11-22(18(14)21-17)16-7-5-13-3-1-2-4-15(13)20-16/h1-9,11H,10,12H2. The number of rotatable bonds is 4. The lowest BCUT2D eigenvalue weighted by Crippen LogP contribution is -2.02. The van der Waals surface area contributed by atoms with E-state index in [1.54, 1.807) is 6.07 Å². The highest BCUT2D eigenvalue weighted by molar-refractivity contribution is 5.81. The van der Waals surface area contributed by atoms with Gasteiger partial charge in [0.2, 0.25) is 5.88 Å². The van der Waals surface area contributed by atoms with E-state index in [9.17, 15) is 4.39 Å². The number of hydrogen-bond donors (Lipinski definition) is 0. The first kappa shape index (κ1) is 13.7. The maximum absolute atomic E-state index is 12.3. The number of benzene rings is 1. The van der Waals surface area contributed by atoms with Crippen LogP contribution in [0.25, 0.3) is 27.8 Å². The van der Waals surface area contributed by atoms with Crippen LogP contribution < -0.4 is 4.74 Å². The normalized spacial score (nSPS) is 11.2. The number of hydrogen-bond acceptors (Lipinski definition) is 3. The number of fused-ring (bicyclic) bond motifs is 2. The van der Waals surface area contributed by atoms with Crippen molar-refractivity contribution in [1.82, 2.24) is 14.5 Å². The summed E-state index contributed by atoms with van der Waals surface area (Å²) in [6.07, 6.45) is 1.92. The molecule has 114 valence electrons.